The van der Waals surface area contributed by atoms with Crippen LogP contribution in [0.5, 0.6) is 0 Å². The third-order valence-electron chi connectivity index (χ3n) is 3.91. The van der Waals surface area contributed by atoms with E-state index in [1.807, 2.05) is 0 Å². The summed E-state index contributed by atoms with van der Waals surface area (Å²) in [6, 6.07) is 1.01. The van der Waals surface area contributed by atoms with Gasteiger partial charge in [-0.25, -0.2) is 13.2 Å². The molecule has 0 spiro atoms. The summed E-state index contributed by atoms with van der Waals surface area (Å²) in [6.45, 7) is 0. The van der Waals surface area contributed by atoms with Crippen molar-refractivity contribution in [1.82, 2.24) is 10.3 Å². The molecule has 1 atom stereocenters. The number of hydrogen-bond donors (Lipinski definition) is 2. The van der Waals surface area contributed by atoms with Crippen molar-refractivity contribution >= 4 is 10.9 Å². The minimum Gasteiger partial charge on any atom is -0.358 e. The van der Waals surface area contributed by atoms with Crippen LogP contribution in [0.3, 0.4) is 0 Å². The number of H-pyrrole nitrogens is 1. The standard InChI is InChI=1S/C14H15F3N2/c1-18-8-4-2-3-5-9-11(8)12-10(19-9)6-7(15)13(16)14(12)17/h6,8,18-19H,2-5H2,1H3. The fourth-order valence-corrected chi connectivity index (χ4v) is 3.00. The van der Waals surface area contributed by atoms with E-state index >= 15 is 0 Å². The molecule has 1 unspecified atom stereocenters. The van der Waals surface area contributed by atoms with Gasteiger partial charge in [0.1, 0.15) is 0 Å². The van der Waals surface area contributed by atoms with E-state index < -0.39 is 17.5 Å². The molecule has 0 radical (unpaired) electrons. The van der Waals surface area contributed by atoms with E-state index in [-0.39, 0.29) is 11.4 Å². The maximum atomic E-state index is 14.1. The highest BCUT2D eigenvalue weighted by atomic mass is 19.2. The van der Waals surface area contributed by atoms with Crippen LogP contribution < -0.4 is 5.32 Å². The van der Waals surface area contributed by atoms with Gasteiger partial charge in [-0.2, -0.15) is 0 Å². The van der Waals surface area contributed by atoms with Crippen molar-refractivity contribution in [2.75, 3.05) is 7.05 Å². The number of nitrogens with one attached hydrogen (secondary N) is 2. The maximum absolute atomic E-state index is 14.1. The molecule has 0 saturated heterocycles. The minimum atomic E-state index is -1.39. The zero-order valence-corrected chi connectivity index (χ0v) is 10.6. The van der Waals surface area contributed by atoms with Crippen molar-refractivity contribution < 1.29 is 13.2 Å². The molecule has 0 bridgehead atoms. The van der Waals surface area contributed by atoms with Gasteiger partial charge in [0.15, 0.2) is 17.5 Å². The lowest BCUT2D eigenvalue weighted by atomic mass is 10.0. The lowest BCUT2D eigenvalue weighted by molar-refractivity contribution is 0.452. The van der Waals surface area contributed by atoms with Gasteiger partial charge >= 0.3 is 0 Å². The molecule has 2 N–H and O–H groups in total. The molecule has 1 aliphatic carbocycles. The van der Waals surface area contributed by atoms with Crippen LogP contribution in [0.1, 0.15) is 36.6 Å². The van der Waals surface area contributed by atoms with Crippen molar-refractivity contribution in [3.05, 3.63) is 34.8 Å². The summed E-state index contributed by atoms with van der Waals surface area (Å²) in [7, 11) is 1.80. The molecule has 1 aliphatic rings. The highest BCUT2D eigenvalue weighted by Crippen LogP contribution is 2.37. The molecule has 0 amide bonds. The summed E-state index contributed by atoms with van der Waals surface area (Å²) in [5, 5.41) is 3.33. The highest BCUT2D eigenvalue weighted by Gasteiger charge is 2.26. The molecular formula is C14H15F3N2. The number of halogens is 3. The fraction of sp³-hybridized carbons (Fsp3) is 0.429. The van der Waals surface area contributed by atoms with Crippen LogP contribution in [0, 0.1) is 17.5 Å². The molecule has 1 aromatic heterocycles. The van der Waals surface area contributed by atoms with Gasteiger partial charge in [0, 0.05) is 28.8 Å². The quantitative estimate of drug-likeness (QED) is 0.600. The Morgan fingerprint density at radius 3 is 2.74 bits per heavy atom. The second kappa shape index (κ2) is 4.56. The summed E-state index contributed by atoms with van der Waals surface area (Å²) in [4.78, 5) is 3.04. The normalized spacial score (nSPS) is 19.5. The van der Waals surface area contributed by atoms with Crippen molar-refractivity contribution in [2.45, 2.75) is 31.7 Å². The number of aromatic amines is 1. The zero-order valence-electron chi connectivity index (χ0n) is 10.6. The average molecular weight is 268 g/mol. The van der Waals surface area contributed by atoms with Gasteiger partial charge < -0.3 is 10.3 Å². The molecule has 2 aromatic rings. The molecule has 0 fully saturated rings. The molecule has 0 saturated carbocycles. The van der Waals surface area contributed by atoms with Gasteiger partial charge in [-0.15, -0.1) is 0 Å². The van der Waals surface area contributed by atoms with Gasteiger partial charge in [-0.05, 0) is 26.3 Å². The first kappa shape index (κ1) is 12.5. The summed E-state index contributed by atoms with van der Waals surface area (Å²) in [6.07, 6.45) is 3.67. The third kappa shape index (κ3) is 1.84. The first-order chi connectivity index (χ1) is 9.13. The first-order valence-corrected chi connectivity index (χ1v) is 6.48. The molecule has 1 heterocycles. The van der Waals surface area contributed by atoms with Gasteiger partial charge in [0.05, 0.1) is 5.52 Å². The third-order valence-corrected chi connectivity index (χ3v) is 3.91. The average Bonchev–Trinajstić information content (AvgIpc) is 2.62. The van der Waals surface area contributed by atoms with E-state index in [9.17, 15) is 13.2 Å². The molecule has 3 rings (SSSR count). The summed E-state index contributed by atoms with van der Waals surface area (Å²) in [5.74, 6) is -3.63. The van der Waals surface area contributed by atoms with Crippen LogP contribution in [0.25, 0.3) is 10.9 Å². The molecule has 5 heteroatoms. The van der Waals surface area contributed by atoms with E-state index in [2.05, 4.69) is 10.3 Å². The topological polar surface area (TPSA) is 27.8 Å². The number of rotatable bonds is 1. The van der Waals surface area contributed by atoms with Crippen LogP contribution in [0.4, 0.5) is 13.2 Å². The summed E-state index contributed by atoms with van der Waals surface area (Å²) in [5.41, 5.74) is 1.98. The van der Waals surface area contributed by atoms with E-state index in [4.69, 9.17) is 0 Å². The van der Waals surface area contributed by atoms with Gasteiger partial charge in [-0.3, -0.25) is 0 Å². The van der Waals surface area contributed by atoms with E-state index in [1.54, 1.807) is 7.05 Å². The molecule has 19 heavy (non-hydrogen) atoms. The number of benzene rings is 1. The van der Waals surface area contributed by atoms with Gasteiger partial charge in [-0.1, -0.05) is 6.42 Å². The predicted molar refractivity (Wildman–Crippen MR) is 67.5 cm³/mol. The van der Waals surface area contributed by atoms with Crippen molar-refractivity contribution in [1.29, 1.82) is 0 Å². The number of hydrogen-bond acceptors (Lipinski definition) is 1. The zero-order chi connectivity index (χ0) is 13.6. The highest BCUT2D eigenvalue weighted by molar-refractivity contribution is 5.86. The van der Waals surface area contributed by atoms with Crippen LogP contribution in [-0.2, 0) is 6.42 Å². The largest absolute Gasteiger partial charge is 0.358 e. The summed E-state index contributed by atoms with van der Waals surface area (Å²) < 4.78 is 40.8. The lowest BCUT2D eigenvalue weighted by Crippen LogP contribution is -2.16. The molecular weight excluding hydrogens is 253 g/mol. The van der Waals surface area contributed by atoms with Crippen LogP contribution >= 0.6 is 0 Å². The lowest BCUT2D eigenvalue weighted by Gasteiger charge is -2.15. The second-order valence-corrected chi connectivity index (χ2v) is 5.01. The SMILES string of the molecule is CNC1CCCCc2[nH]c3cc(F)c(F)c(F)c3c21. The number of aryl methyl sites for hydroxylation is 1. The van der Waals surface area contributed by atoms with Gasteiger partial charge in [0.2, 0.25) is 0 Å². The van der Waals surface area contributed by atoms with E-state index in [0.717, 1.165) is 43.0 Å². The number of fused-ring (bicyclic) bond motifs is 3. The van der Waals surface area contributed by atoms with Crippen molar-refractivity contribution in [3.8, 4) is 0 Å². The molecule has 2 nitrogen and oxygen atoms in total. The van der Waals surface area contributed by atoms with Crippen LogP contribution in [0.2, 0.25) is 0 Å². The molecule has 0 aliphatic heterocycles. The fourth-order valence-electron chi connectivity index (χ4n) is 3.00. The second-order valence-electron chi connectivity index (χ2n) is 5.01. The van der Waals surface area contributed by atoms with E-state index in [1.165, 1.54) is 0 Å². The van der Waals surface area contributed by atoms with Gasteiger partial charge in [0.25, 0.3) is 0 Å². The van der Waals surface area contributed by atoms with Crippen molar-refractivity contribution in [3.63, 3.8) is 0 Å². The Morgan fingerprint density at radius 2 is 2.00 bits per heavy atom. The Kier molecular flexibility index (Phi) is 3.01. The smallest absolute Gasteiger partial charge is 0.195 e. The Labute approximate surface area is 109 Å². The maximum Gasteiger partial charge on any atom is 0.195 e. The first-order valence-electron chi connectivity index (χ1n) is 6.48. The Hall–Kier alpha value is -1.49. The molecule has 102 valence electrons. The Bertz CT molecular complexity index is 633. The van der Waals surface area contributed by atoms with E-state index in [0.29, 0.717) is 5.52 Å². The Balaban J connectivity index is 2.34. The monoisotopic (exact) mass is 268 g/mol. The Morgan fingerprint density at radius 1 is 1.21 bits per heavy atom. The number of aromatic nitrogens is 1. The molecule has 1 aromatic carbocycles. The van der Waals surface area contributed by atoms with Crippen LogP contribution in [-0.4, -0.2) is 12.0 Å². The predicted octanol–water partition coefficient (Wildman–Crippen LogP) is 3.57. The summed E-state index contributed by atoms with van der Waals surface area (Å²) >= 11 is 0. The van der Waals surface area contributed by atoms with Crippen LogP contribution in [0.15, 0.2) is 6.07 Å². The minimum absolute atomic E-state index is 0.0226. The van der Waals surface area contributed by atoms with Crippen molar-refractivity contribution in [2.24, 2.45) is 0 Å².